The third kappa shape index (κ3) is 3.91. The normalized spacial score (nSPS) is 31.3. The molecule has 0 aromatic carbocycles. The summed E-state index contributed by atoms with van der Waals surface area (Å²) in [6, 6.07) is 0. The topological polar surface area (TPSA) is 44.8 Å². The zero-order chi connectivity index (χ0) is 14.5. The molecule has 1 heterocycles. The van der Waals surface area contributed by atoms with Crippen LogP contribution < -0.4 is 0 Å². The first-order valence-electron chi connectivity index (χ1n) is 6.63. The van der Waals surface area contributed by atoms with Crippen LogP contribution in [-0.4, -0.2) is 32.1 Å². The van der Waals surface area contributed by atoms with E-state index in [4.69, 9.17) is 14.2 Å². The molecule has 0 aromatic rings. The molecule has 0 radical (unpaired) electrons. The van der Waals surface area contributed by atoms with E-state index in [9.17, 15) is 4.79 Å². The number of allylic oxidation sites excluding steroid dienone is 1. The standard InChI is InChI=1S/C15H24O4/c1-6-7-11(2)14-12(3)8-9-15(18-5,19-14)10-13(16)17-4/h7-9,12,14H,6,10H2,1-5H3/b11-7+/t12-,14-,15-/m1/s1. The van der Waals surface area contributed by atoms with Gasteiger partial charge in [-0.3, -0.25) is 4.79 Å². The minimum Gasteiger partial charge on any atom is -0.469 e. The van der Waals surface area contributed by atoms with Gasteiger partial charge in [0, 0.05) is 13.0 Å². The second-order valence-corrected chi connectivity index (χ2v) is 4.88. The van der Waals surface area contributed by atoms with Crippen LogP contribution in [0, 0.1) is 5.92 Å². The third-order valence-electron chi connectivity index (χ3n) is 3.40. The molecule has 0 fully saturated rings. The summed E-state index contributed by atoms with van der Waals surface area (Å²) in [7, 11) is 2.90. The van der Waals surface area contributed by atoms with Crippen LogP contribution in [0.5, 0.6) is 0 Å². The van der Waals surface area contributed by atoms with Gasteiger partial charge in [-0.1, -0.05) is 26.0 Å². The van der Waals surface area contributed by atoms with Crippen molar-refractivity contribution in [3.05, 3.63) is 23.8 Å². The van der Waals surface area contributed by atoms with Gasteiger partial charge >= 0.3 is 5.97 Å². The van der Waals surface area contributed by atoms with Gasteiger partial charge < -0.3 is 14.2 Å². The van der Waals surface area contributed by atoms with Gasteiger partial charge in [-0.05, 0) is 25.0 Å². The summed E-state index contributed by atoms with van der Waals surface area (Å²) in [5, 5.41) is 0. The summed E-state index contributed by atoms with van der Waals surface area (Å²) in [5.74, 6) is -1.12. The van der Waals surface area contributed by atoms with Gasteiger partial charge in [-0.2, -0.15) is 0 Å². The number of esters is 1. The molecule has 0 amide bonds. The highest BCUT2D eigenvalue weighted by Gasteiger charge is 2.39. The van der Waals surface area contributed by atoms with Gasteiger partial charge in [0.25, 0.3) is 0 Å². The SMILES string of the molecule is CC/C=C(\C)[C@H]1O[C@](CC(=O)OC)(OC)C=C[C@H]1C. The molecule has 1 rings (SSSR count). The van der Waals surface area contributed by atoms with Crippen molar-refractivity contribution in [2.45, 2.75) is 45.5 Å². The molecule has 0 saturated heterocycles. The quantitative estimate of drug-likeness (QED) is 0.568. The molecule has 1 aliphatic rings. The van der Waals surface area contributed by atoms with Gasteiger partial charge in [0.2, 0.25) is 0 Å². The van der Waals surface area contributed by atoms with E-state index in [-0.39, 0.29) is 24.4 Å². The van der Waals surface area contributed by atoms with E-state index in [1.165, 1.54) is 7.11 Å². The lowest BCUT2D eigenvalue weighted by Crippen LogP contribution is -2.44. The number of carbonyl (C=O) groups excluding carboxylic acids is 1. The molecule has 4 heteroatoms. The molecular formula is C15H24O4. The average molecular weight is 268 g/mol. The van der Waals surface area contributed by atoms with Gasteiger partial charge in [-0.25, -0.2) is 0 Å². The summed E-state index contributed by atoms with van der Waals surface area (Å²) >= 11 is 0. The Hall–Kier alpha value is -1.13. The van der Waals surface area contributed by atoms with E-state index in [1.54, 1.807) is 7.11 Å². The Morgan fingerprint density at radius 2 is 2.16 bits per heavy atom. The Labute approximate surface area is 115 Å². The fourth-order valence-corrected chi connectivity index (χ4v) is 2.27. The van der Waals surface area contributed by atoms with Crippen molar-refractivity contribution in [1.29, 1.82) is 0 Å². The van der Waals surface area contributed by atoms with Gasteiger partial charge in [-0.15, -0.1) is 0 Å². The van der Waals surface area contributed by atoms with Crippen molar-refractivity contribution in [1.82, 2.24) is 0 Å². The number of hydrogen-bond acceptors (Lipinski definition) is 4. The van der Waals surface area contributed by atoms with E-state index >= 15 is 0 Å². The molecular weight excluding hydrogens is 244 g/mol. The minimum absolute atomic E-state index is 0.0547. The first kappa shape index (κ1) is 15.9. The first-order valence-corrected chi connectivity index (χ1v) is 6.63. The van der Waals surface area contributed by atoms with Gasteiger partial charge in [0.1, 0.15) is 6.42 Å². The first-order chi connectivity index (χ1) is 8.98. The molecule has 0 aromatic heterocycles. The predicted octanol–water partition coefficient (Wildman–Crippen LogP) is 2.84. The molecule has 0 bridgehead atoms. The van der Waals surface area contributed by atoms with Crippen LogP contribution in [0.3, 0.4) is 0 Å². The number of hydrogen-bond donors (Lipinski definition) is 0. The molecule has 108 valence electrons. The van der Waals surface area contributed by atoms with Crippen LogP contribution in [0.1, 0.15) is 33.6 Å². The molecule has 4 nitrogen and oxygen atoms in total. The van der Waals surface area contributed by atoms with E-state index in [1.807, 2.05) is 19.1 Å². The summed E-state index contributed by atoms with van der Waals surface area (Å²) in [6.07, 6.45) is 6.92. The predicted molar refractivity (Wildman–Crippen MR) is 73.6 cm³/mol. The highest BCUT2D eigenvalue weighted by molar-refractivity contribution is 5.70. The largest absolute Gasteiger partial charge is 0.469 e. The highest BCUT2D eigenvalue weighted by Crippen LogP contribution is 2.33. The maximum atomic E-state index is 11.5. The Morgan fingerprint density at radius 3 is 2.68 bits per heavy atom. The highest BCUT2D eigenvalue weighted by atomic mass is 16.7. The molecule has 19 heavy (non-hydrogen) atoms. The minimum atomic E-state index is -1.02. The fraction of sp³-hybridized carbons (Fsp3) is 0.667. The Bertz CT molecular complexity index is 372. The Morgan fingerprint density at radius 1 is 1.47 bits per heavy atom. The van der Waals surface area contributed by atoms with Crippen molar-refractivity contribution in [2.24, 2.45) is 5.92 Å². The Balaban J connectivity index is 2.94. The zero-order valence-electron chi connectivity index (χ0n) is 12.4. The maximum Gasteiger partial charge on any atom is 0.311 e. The maximum absolute atomic E-state index is 11.5. The lowest BCUT2D eigenvalue weighted by Gasteiger charge is -2.39. The lowest BCUT2D eigenvalue weighted by atomic mass is 9.92. The summed E-state index contributed by atoms with van der Waals surface area (Å²) in [6.45, 7) is 6.22. The van der Waals surface area contributed by atoms with Crippen LogP contribution in [0.25, 0.3) is 0 Å². The molecule has 0 aliphatic carbocycles. The van der Waals surface area contributed by atoms with E-state index in [2.05, 4.69) is 19.9 Å². The molecule has 0 N–H and O–H groups in total. The van der Waals surface area contributed by atoms with Crippen molar-refractivity contribution < 1.29 is 19.0 Å². The fourth-order valence-electron chi connectivity index (χ4n) is 2.27. The van der Waals surface area contributed by atoms with E-state index in [0.717, 1.165) is 12.0 Å². The van der Waals surface area contributed by atoms with Crippen LogP contribution in [0.2, 0.25) is 0 Å². The Kier molecular flexibility index (Phi) is 5.76. The summed E-state index contributed by atoms with van der Waals surface area (Å²) in [4.78, 5) is 11.5. The average Bonchev–Trinajstić information content (AvgIpc) is 2.41. The summed E-state index contributed by atoms with van der Waals surface area (Å²) in [5.41, 5.74) is 1.16. The second kappa shape index (κ2) is 6.87. The number of rotatable bonds is 5. The monoisotopic (exact) mass is 268 g/mol. The second-order valence-electron chi connectivity index (χ2n) is 4.88. The lowest BCUT2D eigenvalue weighted by molar-refractivity contribution is -0.226. The van der Waals surface area contributed by atoms with Crippen LogP contribution in [0.15, 0.2) is 23.8 Å². The molecule has 0 spiro atoms. The van der Waals surface area contributed by atoms with Crippen LogP contribution in [0.4, 0.5) is 0 Å². The summed E-state index contributed by atoms with van der Waals surface area (Å²) < 4.78 is 16.2. The van der Waals surface area contributed by atoms with Crippen LogP contribution >= 0.6 is 0 Å². The molecule has 3 atom stereocenters. The molecule has 0 unspecified atom stereocenters. The van der Waals surface area contributed by atoms with Gasteiger partial charge in [0.05, 0.1) is 13.2 Å². The number of carbonyl (C=O) groups is 1. The smallest absolute Gasteiger partial charge is 0.311 e. The zero-order valence-corrected chi connectivity index (χ0v) is 12.4. The van der Waals surface area contributed by atoms with Crippen molar-refractivity contribution in [3.8, 4) is 0 Å². The van der Waals surface area contributed by atoms with E-state index in [0.29, 0.717) is 0 Å². The van der Waals surface area contributed by atoms with Crippen LogP contribution in [-0.2, 0) is 19.0 Å². The van der Waals surface area contributed by atoms with Crippen molar-refractivity contribution in [2.75, 3.05) is 14.2 Å². The van der Waals surface area contributed by atoms with E-state index < -0.39 is 5.79 Å². The van der Waals surface area contributed by atoms with Gasteiger partial charge in [0.15, 0.2) is 5.79 Å². The number of methoxy groups -OCH3 is 2. The van der Waals surface area contributed by atoms with Crippen molar-refractivity contribution in [3.63, 3.8) is 0 Å². The number of ether oxygens (including phenoxy) is 3. The molecule has 1 aliphatic heterocycles. The van der Waals surface area contributed by atoms with Crippen molar-refractivity contribution >= 4 is 5.97 Å². The molecule has 0 saturated carbocycles. The third-order valence-corrected chi connectivity index (χ3v) is 3.40.